The molecule has 0 aliphatic heterocycles. The maximum absolute atomic E-state index is 8.21. The number of ether oxygens (including phenoxy) is 1. The molecule has 0 bridgehead atoms. The van der Waals surface area contributed by atoms with Crippen molar-refractivity contribution in [1.82, 2.24) is 0 Å². The van der Waals surface area contributed by atoms with Crippen LogP contribution in [0.1, 0.15) is 5.56 Å². The van der Waals surface area contributed by atoms with E-state index >= 15 is 0 Å². The van der Waals surface area contributed by atoms with Crippen molar-refractivity contribution in [3.8, 4) is 5.75 Å². The molecule has 1 N–H and O–H groups in total. The van der Waals surface area contributed by atoms with Gasteiger partial charge in [-0.25, -0.2) is 4.89 Å². The molecular formula is C10H13NO3. The van der Waals surface area contributed by atoms with Crippen LogP contribution in [0.5, 0.6) is 5.75 Å². The van der Waals surface area contributed by atoms with Crippen LogP contribution in [0.4, 0.5) is 0 Å². The van der Waals surface area contributed by atoms with Gasteiger partial charge in [-0.15, -0.1) is 0 Å². The fourth-order valence-electron chi connectivity index (χ4n) is 0.964. The highest BCUT2D eigenvalue weighted by Crippen LogP contribution is 2.12. The highest BCUT2D eigenvalue weighted by atomic mass is 17.1. The summed E-state index contributed by atoms with van der Waals surface area (Å²) in [6, 6.07) is 7.29. The first-order valence-electron chi connectivity index (χ1n) is 4.25. The fourth-order valence-corrected chi connectivity index (χ4v) is 0.964. The van der Waals surface area contributed by atoms with Crippen molar-refractivity contribution in [3.05, 3.63) is 29.8 Å². The van der Waals surface area contributed by atoms with Crippen molar-refractivity contribution in [2.24, 2.45) is 4.99 Å². The first-order chi connectivity index (χ1) is 6.86. The van der Waals surface area contributed by atoms with E-state index in [1.54, 1.807) is 13.3 Å². The Balaban J connectivity index is 2.46. The van der Waals surface area contributed by atoms with Crippen molar-refractivity contribution in [1.29, 1.82) is 0 Å². The van der Waals surface area contributed by atoms with Gasteiger partial charge in [-0.2, -0.15) is 0 Å². The summed E-state index contributed by atoms with van der Waals surface area (Å²) >= 11 is 0. The van der Waals surface area contributed by atoms with Crippen LogP contribution in [0.3, 0.4) is 0 Å². The number of benzene rings is 1. The van der Waals surface area contributed by atoms with Gasteiger partial charge in [0.25, 0.3) is 0 Å². The van der Waals surface area contributed by atoms with Crippen LogP contribution in [0, 0.1) is 0 Å². The zero-order chi connectivity index (χ0) is 10.2. The largest absolute Gasteiger partial charge is 0.488 e. The molecule has 0 atom stereocenters. The van der Waals surface area contributed by atoms with Crippen LogP contribution in [0.2, 0.25) is 0 Å². The molecule has 1 aromatic carbocycles. The van der Waals surface area contributed by atoms with Gasteiger partial charge in [-0.3, -0.25) is 10.2 Å². The third kappa shape index (κ3) is 3.55. The van der Waals surface area contributed by atoms with E-state index in [2.05, 4.69) is 9.88 Å². The molecule has 4 nitrogen and oxygen atoms in total. The summed E-state index contributed by atoms with van der Waals surface area (Å²) in [7, 11) is 1.70. The second-order valence-electron chi connectivity index (χ2n) is 2.67. The number of hydrogen-bond acceptors (Lipinski definition) is 4. The Morgan fingerprint density at radius 1 is 1.36 bits per heavy atom. The highest BCUT2D eigenvalue weighted by Gasteiger charge is 1.94. The predicted molar refractivity (Wildman–Crippen MR) is 53.8 cm³/mol. The molecule has 76 valence electrons. The van der Waals surface area contributed by atoms with Gasteiger partial charge in [0.05, 0.1) is 0 Å². The van der Waals surface area contributed by atoms with Crippen LogP contribution >= 0.6 is 0 Å². The lowest BCUT2D eigenvalue weighted by molar-refractivity contribution is -0.253. The van der Waals surface area contributed by atoms with E-state index in [1.807, 2.05) is 24.3 Å². The quantitative estimate of drug-likeness (QED) is 0.442. The Morgan fingerprint density at radius 2 is 2.07 bits per heavy atom. The Hall–Kier alpha value is -1.39. The molecule has 0 saturated heterocycles. The first-order valence-corrected chi connectivity index (χ1v) is 4.25. The molecule has 0 unspecified atom stereocenters. The zero-order valence-corrected chi connectivity index (χ0v) is 8.01. The van der Waals surface area contributed by atoms with E-state index in [0.717, 1.165) is 11.3 Å². The van der Waals surface area contributed by atoms with Gasteiger partial charge >= 0.3 is 0 Å². The number of hydrogen-bond donors (Lipinski definition) is 1. The van der Waals surface area contributed by atoms with Gasteiger partial charge in [0, 0.05) is 13.3 Å². The van der Waals surface area contributed by atoms with Crippen molar-refractivity contribution in [3.63, 3.8) is 0 Å². The number of rotatable bonds is 5. The molecule has 1 aromatic rings. The molecule has 0 fully saturated rings. The van der Waals surface area contributed by atoms with Crippen LogP contribution in [-0.2, 0) is 11.5 Å². The van der Waals surface area contributed by atoms with Crippen LogP contribution < -0.4 is 4.74 Å². The zero-order valence-electron chi connectivity index (χ0n) is 8.01. The van der Waals surface area contributed by atoms with Gasteiger partial charge in [-0.05, 0) is 17.7 Å². The van der Waals surface area contributed by atoms with Gasteiger partial charge in [0.15, 0.2) is 0 Å². The average Bonchev–Trinajstić information content (AvgIpc) is 2.21. The summed E-state index contributed by atoms with van der Waals surface area (Å²) in [5, 5.41) is 8.21. The Kier molecular flexibility index (Phi) is 4.68. The third-order valence-electron chi connectivity index (χ3n) is 1.66. The summed E-state index contributed by atoms with van der Waals surface area (Å²) in [5.74, 6) is 0.770. The van der Waals surface area contributed by atoms with Gasteiger partial charge in [0.1, 0.15) is 19.0 Å². The number of nitrogens with zero attached hydrogens (tertiary/aromatic N) is 1. The Morgan fingerprint density at radius 3 is 2.64 bits per heavy atom. The summed E-state index contributed by atoms with van der Waals surface area (Å²) in [4.78, 5) is 7.80. The average molecular weight is 195 g/mol. The monoisotopic (exact) mass is 195 g/mol. The van der Waals surface area contributed by atoms with Gasteiger partial charge < -0.3 is 4.74 Å². The van der Waals surface area contributed by atoms with E-state index in [-0.39, 0.29) is 6.61 Å². The topological polar surface area (TPSA) is 51.0 Å². The normalized spacial score (nSPS) is 10.7. The summed E-state index contributed by atoms with van der Waals surface area (Å²) in [5.41, 5.74) is 0.893. The van der Waals surface area contributed by atoms with E-state index in [4.69, 9.17) is 9.99 Å². The minimum absolute atomic E-state index is 0.191. The van der Waals surface area contributed by atoms with Crippen LogP contribution in [-0.4, -0.2) is 25.1 Å². The molecule has 0 amide bonds. The summed E-state index contributed by atoms with van der Waals surface area (Å²) < 4.78 is 5.33. The molecule has 1 rings (SSSR count). The minimum Gasteiger partial charge on any atom is -0.488 e. The molecule has 14 heavy (non-hydrogen) atoms. The molecule has 0 radical (unpaired) electrons. The molecule has 0 heterocycles. The minimum atomic E-state index is 0.191. The van der Waals surface area contributed by atoms with E-state index in [0.29, 0.717) is 6.61 Å². The highest BCUT2D eigenvalue weighted by molar-refractivity contribution is 5.58. The fraction of sp³-hybridized carbons (Fsp3) is 0.300. The molecular weight excluding hydrogens is 182 g/mol. The lowest BCUT2D eigenvalue weighted by atomic mass is 10.2. The molecule has 0 aromatic heterocycles. The van der Waals surface area contributed by atoms with E-state index in [1.165, 1.54) is 0 Å². The van der Waals surface area contributed by atoms with E-state index < -0.39 is 0 Å². The molecule has 0 aliphatic rings. The van der Waals surface area contributed by atoms with Crippen molar-refractivity contribution in [2.75, 3.05) is 13.7 Å². The lowest BCUT2D eigenvalue weighted by Crippen LogP contribution is -1.98. The predicted octanol–water partition coefficient (Wildman–Crippen LogP) is 1.76. The van der Waals surface area contributed by atoms with E-state index in [9.17, 15) is 0 Å². The van der Waals surface area contributed by atoms with Crippen molar-refractivity contribution >= 4 is 6.21 Å². The molecule has 4 heteroatoms. The van der Waals surface area contributed by atoms with Crippen molar-refractivity contribution < 1.29 is 14.9 Å². The maximum Gasteiger partial charge on any atom is 0.123 e. The van der Waals surface area contributed by atoms with Crippen LogP contribution in [0.15, 0.2) is 29.3 Å². The first kappa shape index (κ1) is 10.7. The van der Waals surface area contributed by atoms with Crippen LogP contribution in [0.25, 0.3) is 0 Å². The Bertz CT molecular complexity index is 282. The lowest BCUT2D eigenvalue weighted by Gasteiger charge is -2.03. The number of aliphatic imine (C=N–C) groups is 1. The second kappa shape index (κ2) is 6.12. The molecule has 0 saturated carbocycles. The second-order valence-corrected chi connectivity index (χ2v) is 2.67. The maximum atomic E-state index is 8.21. The standard InChI is InChI=1S/C10H13NO3/c1-11-6-7-13-10-4-2-9(3-5-10)8-14-12/h2-6,12H,7-8H2,1H3. The third-order valence-corrected chi connectivity index (χ3v) is 1.66. The summed E-state index contributed by atoms with van der Waals surface area (Å²) in [6.45, 7) is 0.656. The van der Waals surface area contributed by atoms with Gasteiger partial charge in [-0.1, -0.05) is 12.1 Å². The van der Waals surface area contributed by atoms with Crippen molar-refractivity contribution in [2.45, 2.75) is 6.61 Å². The van der Waals surface area contributed by atoms with Gasteiger partial charge in [0.2, 0.25) is 0 Å². The SMILES string of the molecule is CN=CCOc1ccc(COO)cc1. The molecule has 0 spiro atoms. The molecule has 0 aliphatic carbocycles. The Labute approximate surface area is 82.7 Å². The smallest absolute Gasteiger partial charge is 0.123 e. The summed E-state index contributed by atoms with van der Waals surface area (Å²) in [6.07, 6.45) is 1.69.